The van der Waals surface area contributed by atoms with E-state index < -0.39 is 0 Å². The molecule has 6 heteroatoms. The molecule has 0 radical (unpaired) electrons. The van der Waals surface area contributed by atoms with E-state index in [4.69, 9.17) is 0 Å². The van der Waals surface area contributed by atoms with E-state index in [0.717, 1.165) is 29.0 Å². The number of imidazole rings is 1. The minimum Gasteiger partial charge on any atom is -0.350 e. The second-order valence-corrected chi connectivity index (χ2v) is 6.24. The van der Waals surface area contributed by atoms with Crippen LogP contribution in [0.4, 0.5) is 0 Å². The molecule has 4 rings (SSSR count). The predicted molar refractivity (Wildman–Crippen MR) is 85.8 cm³/mol. The number of carbonyl (C=O) groups is 1. The molecule has 1 N–H and O–H groups in total. The monoisotopic (exact) mass is 309 g/mol. The first-order chi connectivity index (χ1) is 11.1. The van der Waals surface area contributed by atoms with E-state index in [2.05, 4.69) is 15.4 Å². The van der Waals surface area contributed by atoms with Crippen LogP contribution in [-0.2, 0) is 18.4 Å². The van der Waals surface area contributed by atoms with Crippen molar-refractivity contribution in [3.63, 3.8) is 0 Å². The largest absolute Gasteiger partial charge is 0.350 e. The van der Waals surface area contributed by atoms with Gasteiger partial charge in [0.05, 0.1) is 18.4 Å². The van der Waals surface area contributed by atoms with Gasteiger partial charge in [-0.2, -0.15) is 5.10 Å². The second kappa shape index (κ2) is 5.22. The topological polar surface area (TPSA) is 64.2 Å². The highest BCUT2D eigenvalue weighted by atomic mass is 16.2. The summed E-state index contributed by atoms with van der Waals surface area (Å²) in [6, 6.07) is 6.00. The lowest BCUT2D eigenvalue weighted by Crippen LogP contribution is -2.25. The molecule has 0 aromatic carbocycles. The highest BCUT2D eigenvalue weighted by molar-refractivity contribution is 5.82. The Kier molecular flexibility index (Phi) is 3.18. The fourth-order valence-electron chi connectivity index (χ4n) is 3.08. The molecule has 1 fully saturated rings. The maximum Gasteiger partial charge on any atom is 0.224 e. The normalized spacial score (nSPS) is 19.9. The number of hydrogen-bond donors (Lipinski definition) is 1. The third-order valence-corrected chi connectivity index (χ3v) is 4.47. The molecule has 3 aromatic rings. The molecule has 1 saturated carbocycles. The maximum absolute atomic E-state index is 12.3. The van der Waals surface area contributed by atoms with Gasteiger partial charge >= 0.3 is 0 Å². The van der Waals surface area contributed by atoms with Crippen molar-refractivity contribution in [3.05, 3.63) is 53.7 Å². The average Bonchev–Trinajstić information content (AvgIpc) is 3.02. The van der Waals surface area contributed by atoms with Crippen LogP contribution in [0.25, 0.3) is 5.65 Å². The van der Waals surface area contributed by atoms with E-state index in [1.54, 1.807) is 4.68 Å². The number of nitrogens with zero attached hydrogens (tertiary/aromatic N) is 4. The zero-order valence-electron chi connectivity index (χ0n) is 13.2. The molecule has 0 spiro atoms. The minimum atomic E-state index is 0.0676. The number of amides is 1. The molecule has 6 nitrogen and oxygen atoms in total. The van der Waals surface area contributed by atoms with Crippen LogP contribution in [-0.4, -0.2) is 25.1 Å². The van der Waals surface area contributed by atoms with Gasteiger partial charge in [0.1, 0.15) is 5.65 Å². The quantitative estimate of drug-likeness (QED) is 0.799. The Labute approximate surface area is 134 Å². The molecule has 23 heavy (non-hydrogen) atoms. The Hall–Kier alpha value is -2.63. The molecule has 3 aromatic heterocycles. The van der Waals surface area contributed by atoms with Crippen LogP contribution in [0.15, 0.2) is 36.8 Å². The lowest BCUT2D eigenvalue weighted by molar-refractivity contribution is -0.122. The third kappa shape index (κ3) is 2.60. The summed E-state index contributed by atoms with van der Waals surface area (Å²) < 4.78 is 3.82. The molecule has 1 aliphatic carbocycles. The number of rotatable bonds is 4. The molecule has 0 unspecified atom stereocenters. The fraction of sp³-hybridized carbons (Fsp3) is 0.353. The molecular formula is C17H19N5O. The van der Waals surface area contributed by atoms with Gasteiger partial charge in [-0.05, 0) is 37.0 Å². The molecule has 0 bridgehead atoms. The summed E-state index contributed by atoms with van der Waals surface area (Å²) in [4.78, 5) is 16.8. The number of hydrogen-bond acceptors (Lipinski definition) is 3. The average molecular weight is 309 g/mol. The first-order valence-electron chi connectivity index (χ1n) is 7.81. The Morgan fingerprint density at radius 1 is 1.39 bits per heavy atom. The first kappa shape index (κ1) is 14.0. The summed E-state index contributed by atoms with van der Waals surface area (Å²) >= 11 is 0. The molecule has 0 aliphatic heterocycles. The van der Waals surface area contributed by atoms with Gasteiger partial charge in [0.2, 0.25) is 5.91 Å². The standard InChI is InChI=1S/C17H19N5O/c1-11-4-3-5-16-20-13(10-22(11)16)8-18-17(23)15-6-14(15)12-7-19-21(2)9-12/h3-5,7,9-10,14-15H,6,8H2,1-2H3,(H,18,23)/t14-,15+/m0/s1. The number of pyridine rings is 1. The van der Waals surface area contributed by atoms with Crippen LogP contribution in [0.5, 0.6) is 0 Å². The van der Waals surface area contributed by atoms with Crippen LogP contribution >= 0.6 is 0 Å². The maximum atomic E-state index is 12.3. The number of fused-ring (bicyclic) bond motifs is 1. The van der Waals surface area contributed by atoms with E-state index in [9.17, 15) is 4.79 Å². The van der Waals surface area contributed by atoms with E-state index >= 15 is 0 Å². The van der Waals surface area contributed by atoms with Gasteiger partial charge in [-0.3, -0.25) is 9.48 Å². The van der Waals surface area contributed by atoms with Crippen LogP contribution in [0, 0.1) is 12.8 Å². The number of aromatic nitrogens is 4. The van der Waals surface area contributed by atoms with Crippen molar-refractivity contribution in [2.24, 2.45) is 13.0 Å². The van der Waals surface area contributed by atoms with Gasteiger partial charge in [0.15, 0.2) is 0 Å². The highest BCUT2D eigenvalue weighted by Gasteiger charge is 2.44. The Balaban J connectivity index is 1.39. The first-order valence-corrected chi connectivity index (χ1v) is 7.81. The number of aryl methyl sites for hydroxylation is 2. The SMILES string of the molecule is Cc1cccc2nc(CNC(=O)[C@@H]3C[C@H]3c3cnn(C)c3)cn12. The fourth-order valence-corrected chi connectivity index (χ4v) is 3.08. The zero-order valence-corrected chi connectivity index (χ0v) is 13.2. The van der Waals surface area contributed by atoms with Crippen LogP contribution < -0.4 is 5.32 Å². The van der Waals surface area contributed by atoms with Gasteiger partial charge < -0.3 is 9.72 Å². The molecular weight excluding hydrogens is 290 g/mol. The molecule has 0 saturated heterocycles. The molecule has 1 aliphatic rings. The summed E-state index contributed by atoms with van der Waals surface area (Å²) in [5.41, 5.74) is 4.07. The van der Waals surface area contributed by atoms with Gasteiger partial charge in [0.25, 0.3) is 0 Å². The third-order valence-electron chi connectivity index (χ3n) is 4.47. The van der Waals surface area contributed by atoms with E-state index in [0.29, 0.717) is 12.5 Å². The summed E-state index contributed by atoms with van der Waals surface area (Å²) in [5, 5.41) is 7.18. The van der Waals surface area contributed by atoms with Gasteiger partial charge in [-0.25, -0.2) is 4.98 Å². The molecule has 1 amide bonds. The van der Waals surface area contributed by atoms with E-state index in [1.165, 1.54) is 0 Å². The smallest absolute Gasteiger partial charge is 0.224 e. The van der Waals surface area contributed by atoms with Crippen LogP contribution in [0.1, 0.15) is 29.3 Å². The lowest BCUT2D eigenvalue weighted by Gasteiger charge is -2.02. The van der Waals surface area contributed by atoms with Crippen molar-refractivity contribution >= 4 is 11.6 Å². The van der Waals surface area contributed by atoms with Crippen molar-refractivity contribution < 1.29 is 4.79 Å². The van der Waals surface area contributed by atoms with Gasteiger partial charge in [-0.15, -0.1) is 0 Å². The molecule has 2 atom stereocenters. The predicted octanol–water partition coefficient (Wildman–Crippen LogP) is 1.80. The number of carbonyl (C=O) groups excluding carboxylic acids is 1. The Bertz CT molecular complexity index is 878. The zero-order chi connectivity index (χ0) is 16.0. The van der Waals surface area contributed by atoms with Crippen molar-refractivity contribution in [3.8, 4) is 0 Å². The summed E-state index contributed by atoms with van der Waals surface area (Å²) in [6.45, 7) is 2.51. The van der Waals surface area contributed by atoms with E-state index in [1.807, 2.05) is 55.2 Å². The van der Waals surface area contributed by atoms with Gasteiger partial charge in [0, 0.05) is 31.1 Å². The Morgan fingerprint density at radius 3 is 3.00 bits per heavy atom. The van der Waals surface area contributed by atoms with Crippen molar-refractivity contribution in [2.75, 3.05) is 0 Å². The summed E-state index contributed by atoms with van der Waals surface area (Å²) in [7, 11) is 1.90. The lowest BCUT2D eigenvalue weighted by atomic mass is 10.2. The van der Waals surface area contributed by atoms with E-state index in [-0.39, 0.29) is 11.8 Å². The highest BCUT2D eigenvalue weighted by Crippen LogP contribution is 2.47. The molecule has 118 valence electrons. The van der Waals surface area contributed by atoms with Crippen molar-refractivity contribution in [1.82, 2.24) is 24.5 Å². The second-order valence-electron chi connectivity index (χ2n) is 6.24. The minimum absolute atomic E-state index is 0.0676. The Morgan fingerprint density at radius 2 is 2.26 bits per heavy atom. The van der Waals surface area contributed by atoms with Crippen molar-refractivity contribution in [1.29, 1.82) is 0 Å². The number of nitrogens with one attached hydrogen (secondary N) is 1. The molecule has 3 heterocycles. The summed E-state index contributed by atoms with van der Waals surface area (Å²) in [5.74, 6) is 0.484. The van der Waals surface area contributed by atoms with Crippen LogP contribution in [0.3, 0.4) is 0 Å². The van der Waals surface area contributed by atoms with Gasteiger partial charge in [-0.1, -0.05) is 6.07 Å². The van der Waals surface area contributed by atoms with Crippen LogP contribution in [0.2, 0.25) is 0 Å². The van der Waals surface area contributed by atoms with Crippen molar-refractivity contribution in [2.45, 2.75) is 25.8 Å². The summed E-state index contributed by atoms with van der Waals surface area (Å²) in [6.07, 6.45) is 6.73.